The van der Waals surface area contributed by atoms with Crippen molar-refractivity contribution >= 4 is 11.9 Å². The van der Waals surface area contributed by atoms with Crippen molar-refractivity contribution in [3.05, 3.63) is 46.8 Å². The fourth-order valence-corrected chi connectivity index (χ4v) is 3.22. The smallest absolute Gasteiger partial charge is 0.338 e. The summed E-state index contributed by atoms with van der Waals surface area (Å²) >= 11 is 0. The fourth-order valence-electron chi connectivity index (χ4n) is 3.22. The number of amides is 1. The molecule has 1 heterocycles. The molecule has 1 aliphatic carbocycles. The summed E-state index contributed by atoms with van der Waals surface area (Å²) in [7, 11) is 0. The Hall–Kier alpha value is -2.83. The summed E-state index contributed by atoms with van der Waals surface area (Å²) in [4.78, 5) is 24.4. The van der Waals surface area contributed by atoms with E-state index in [-0.39, 0.29) is 11.9 Å². The number of hydrogen-bond acceptors (Lipinski definition) is 6. The Morgan fingerprint density at radius 3 is 2.50 bits per heavy atom. The molecule has 1 aromatic carbocycles. The van der Waals surface area contributed by atoms with Gasteiger partial charge in [0.05, 0.1) is 16.8 Å². The number of aromatic nitrogens is 1. The Morgan fingerprint density at radius 2 is 1.89 bits per heavy atom. The lowest BCUT2D eigenvalue weighted by molar-refractivity contribution is -0.129. The molecule has 7 nitrogen and oxygen atoms in total. The second kappa shape index (κ2) is 8.91. The minimum atomic E-state index is -0.830. The van der Waals surface area contributed by atoms with Gasteiger partial charge in [-0.05, 0) is 57.9 Å². The normalized spacial score (nSPS) is 15.2. The summed E-state index contributed by atoms with van der Waals surface area (Å²) in [6.45, 7) is 5.62. The van der Waals surface area contributed by atoms with Gasteiger partial charge in [-0.25, -0.2) is 4.79 Å². The van der Waals surface area contributed by atoms with E-state index in [1.165, 1.54) is 0 Å². The molecule has 1 saturated carbocycles. The van der Waals surface area contributed by atoms with Crippen molar-refractivity contribution in [2.24, 2.45) is 0 Å². The molecule has 0 bridgehead atoms. The number of carbonyl (C=O) groups excluding carboxylic acids is 2. The minimum Gasteiger partial charge on any atom is -0.489 e. The highest BCUT2D eigenvalue weighted by atomic mass is 16.5. The highest BCUT2D eigenvalue weighted by molar-refractivity contribution is 5.92. The van der Waals surface area contributed by atoms with Gasteiger partial charge >= 0.3 is 5.97 Å². The highest BCUT2D eigenvalue weighted by Gasteiger charge is 2.23. The third-order valence-electron chi connectivity index (χ3n) is 5.01. The Balaban J connectivity index is 1.50. The van der Waals surface area contributed by atoms with E-state index >= 15 is 0 Å². The van der Waals surface area contributed by atoms with E-state index in [9.17, 15) is 9.59 Å². The van der Waals surface area contributed by atoms with Crippen molar-refractivity contribution < 1.29 is 23.6 Å². The van der Waals surface area contributed by atoms with Gasteiger partial charge in [0.1, 0.15) is 18.1 Å². The van der Waals surface area contributed by atoms with Crippen LogP contribution in [-0.2, 0) is 16.1 Å². The summed E-state index contributed by atoms with van der Waals surface area (Å²) in [5.41, 5.74) is 2.07. The molecule has 1 aromatic heterocycles. The van der Waals surface area contributed by atoms with Gasteiger partial charge in [0.15, 0.2) is 6.10 Å². The van der Waals surface area contributed by atoms with Gasteiger partial charge in [-0.2, -0.15) is 0 Å². The van der Waals surface area contributed by atoms with Gasteiger partial charge in [-0.15, -0.1) is 0 Å². The number of rotatable bonds is 7. The van der Waals surface area contributed by atoms with Crippen LogP contribution < -0.4 is 10.1 Å². The first-order chi connectivity index (χ1) is 13.4. The van der Waals surface area contributed by atoms with E-state index in [4.69, 9.17) is 14.0 Å². The second-order valence-corrected chi connectivity index (χ2v) is 7.15. The molecule has 0 saturated heterocycles. The van der Waals surface area contributed by atoms with E-state index in [2.05, 4.69) is 10.5 Å². The largest absolute Gasteiger partial charge is 0.489 e. The van der Waals surface area contributed by atoms with Gasteiger partial charge in [0.25, 0.3) is 5.91 Å². The summed E-state index contributed by atoms with van der Waals surface area (Å²) in [5, 5.41) is 6.83. The minimum absolute atomic E-state index is 0.197. The maximum absolute atomic E-state index is 12.3. The number of carbonyl (C=O) groups is 2. The summed E-state index contributed by atoms with van der Waals surface area (Å²) in [5.74, 6) is 0.553. The average molecular weight is 386 g/mol. The Morgan fingerprint density at radius 1 is 1.21 bits per heavy atom. The first kappa shape index (κ1) is 19.9. The monoisotopic (exact) mass is 386 g/mol. The number of nitrogens with zero attached hydrogens (tertiary/aromatic N) is 1. The van der Waals surface area contributed by atoms with Crippen molar-refractivity contribution in [2.75, 3.05) is 0 Å². The predicted molar refractivity (Wildman–Crippen MR) is 102 cm³/mol. The van der Waals surface area contributed by atoms with Crippen molar-refractivity contribution in [3.8, 4) is 5.75 Å². The van der Waals surface area contributed by atoms with E-state index in [1.54, 1.807) is 31.2 Å². The molecule has 3 rings (SSSR count). The molecule has 1 aliphatic rings. The van der Waals surface area contributed by atoms with E-state index in [1.807, 2.05) is 13.8 Å². The summed E-state index contributed by atoms with van der Waals surface area (Å²) < 4.78 is 16.1. The molecule has 0 spiro atoms. The van der Waals surface area contributed by atoms with Crippen LogP contribution in [0.25, 0.3) is 0 Å². The van der Waals surface area contributed by atoms with Gasteiger partial charge in [0, 0.05) is 6.04 Å². The number of benzene rings is 1. The summed E-state index contributed by atoms with van der Waals surface area (Å²) in [6.07, 6.45) is 3.40. The van der Waals surface area contributed by atoms with E-state index in [0.29, 0.717) is 17.9 Å². The van der Waals surface area contributed by atoms with Crippen molar-refractivity contribution in [1.82, 2.24) is 10.5 Å². The Labute approximate surface area is 164 Å². The number of nitrogens with one attached hydrogen (secondary N) is 1. The van der Waals surface area contributed by atoms with Crippen LogP contribution in [0.15, 0.2) is 28.8 Å². The van der Waals surface area contributed by atoms with Crippen LogP contribution >= 0.6 is 0 Å². The molecule has 0 aliphatic heterocycles. The van der Waals surface area contributed by atoms with Crippen molar-refractivity contribution in [1.29, 1.82) is 0 Å². The SMILES string of the molecule is Cc1noc(C)c1COc1ccc(C(=O)O[C@@H](C)C(=O)NC2CCCC2)cc1. The van der Waals surface area contributed by atoms with Gasteiger partial charge < -0.3 is 19.3 Å². The van der Waals surface area contributed by atoms with Crippen LogP contribution in [0.1, 0.15) is 60.0 Å². The molecule has 2 aromatic rings. The Kier molecular flexibility index (Phi) is 6.34. The lowest BCUT2D eigenvalue weighted by atomic mass is 10.2. The first-order valence-corrected chi connectivity index (χ1v) is 9.60. The molecular formula is C21H26N2O5. The van der Waals surface area contributed by atoms with Crippen LogP contribution in [0.3, 0.4) is 0 Å². The zero-order valence-electron chi connectivity index (χ0n) is 16.5. The molecule has 1 atom stereocenters. The van der Waals surface area contributed by atoms with E-state index in [0.717, 1.165) is 42.7 Å². The molecule has 7 heteroatoms. The van der Waals surface area contributed by atoms with Gasteiger partial charge in [0.2, 0.25) is 0 Å². The third-order valence-corrected chi connectivity index (χ3v) is 5.01. The van der Waals surface area contributed by atoms with Crippen molar-refractivity contribution in [3.63, 3.8) is 0 Å². The standard InChI is InChI=1S/C21H26N2O5/c1-13-19(14(2)28-23-13)12-26-18-10-8-16(9-11-18)21(25)27-15(3)20(24)22-17-6-4-5-7-17/h8-11,15,17H,4-7,12H2,1-3H3,(H,22,24)/t15-/m0/s1. The molecule has 1 fully saturated rings. The highest BCUT2D eigenvalue weighted by Crippen LogP contribution is 2.19. The van der Waals surface area contributed by atoms with Gasteiger partial charge in [-0.1, -0.05) is 18.0 Å². The number of hydrogen-bond donors (Lipinski definition) is 1. The number of esters is 1. The predicted octanol–water partition coefficient (Wildman–Crippen LogP) is 3.47. The molecular weight excluding hydrogens is 360 g/mol. The summed E-state index contributed by atoms with van der Waals surface area (Å²) in [6, 6.07) is 6.82. The van der Waals surface area contributed by atoms with Crippen LogP contribution in [0.2, 0.25) is 0 Å². The first-order valence-electron chi connectivity index (χ1n) is 9.60. The lowest BCUT2D eigenvalue weighted by Crippen LogP contribution is -2.40. The van der Waals surface area contributed by atoms with Crippen LogP contribution in [-0.4, -0.2) is 29.2 Å². The molecule has 1 amide bonds. The van der Waals surface area contributed by atoms with Crippen molar-refractivity contribution in [2.45, 2.75) is 65.2 Å². The fraction of sp³-hybridized carbons (Fsp3) is 0.476. The second-order valence-electron chi connectivity index (χ2n) is 7.15. The average Bonchev–Trinajstić information content (AvgIpc) is 3.30. The quantitative estimate of drug-likeness (QED) is 0.733. The van der Waals surface area contributed by atoms with Gasteiger partial charge in [-0.3, -0.25) is 4.79 Å². The zero-order valence-corrected chi connectivity index (χ0v) is 16.5. The zero-order chi connectivity index (χ0) is 20.1. The lowest BCUT2D eigenvalue weighted by Gasteiger charge is -2.17. The number of ether oxygens (including phenoxy) is 2. The van der Waals surface area contributed by atoms with E-state index < -0.39 is 12.1 Å². The number of aryl methyl sites for hydroxylation is 2. The molecule has 0 unspecified atom stereocenters. The molecule has 1 N–H and O–H groups in total. The maximum atomic E-state index is 12.3. The maximum Gasteiger partial charge on any atom is 0.338 e. The van der Waals surface area contributed by atoms with Crippen LogP contribution in [0.4, 0.5) is 0 Å². The molecule has 0 radical (unpaired) electrons. The topological polar surface area (TPSA) is 90.7 Å². The Bertz CT molecular complexity index is 802. The molecule has 150 valence electrons. The van der Waals surface area contributed by atoms with Crippen LogP contribution in [0.5, 0.6) is 5.75 Å². The molecule has 28 heavy (non-hydrogen) atoms. The van der Waals surface area contributed by atoms with Crippen LogP contribution in [0, 0.1) is 13.8 Å². The third kappa shape index (κ3) is 4.91.